The third-order valence-corrected chi connectivity index (χ3v) is 5.15. The van der Waals surface area contributed by atoms with Crippen LogP contribution in [-0.2, 0) is 0 Å². The Morgan fingerprint density at radius 3 is 2.64 bits per heavy atom. The molecule has 178 valence electrons. The van der Waals surface area contributed by atoms with Crippen molar-refractivity contribution in [2.45, 2.75) is 38.1 Å². The predicted molar refractivity (Wildman–Crippen MR) is 116 cm³/mol. The molecule has 3 atom stereocenters. The Morgan fingerprint density at radius 1 is 1.24 bits per heavy atom. The highest BCUT2D eigenvalue weighted by molar-refractivity contribution is 6.31. The van der Waals surface area contributed by atoms with E-state index in [1.807, 2.05) is 6.92 Å². The van der Waals surface area contributed by atoms with Crippen molar-refractivity contribution in [3.05, 3.63) is 34.6 Å². The Bertz CT molecular complexity index is 1010. The second kappa shape index (κ2) is 10.9. The van der Waals surface area contributed by atoms with Gasteiger partial charge in [-0.15, -0.1) is 0 Å². The second-order valence-electron chi connectivity index (χ2n) is 7.44. The van der Waals surface area contributed by atoms with Crippen LogP contribution >= 0.6 is 11.6 Å². The molecule has 2 aromatic rings. The van der Waals surface area contributed by atoms with Crippen LogP contribution in [0, 0.1) is 17.8 Å². The quantitative estimate of drug-likeness (QED) is 0.350. The molecule has 1 fully saturated rings. The molecule has 1 aliphatic carbocycles. The lowest BCUT2D eigenvalue weighted by atomic mass is 10.1. The van der Waals surface area contributed by atoms with Crippen LogP contribution in [0.2, 0.25) is 5.15 Å². The molecular weight excluding hydrogens is 463 g/mol. The zero-order valence-electron chi connectivity index (χ0n) is 17.7. The summed E-state index contributed by atoms with van der Waals surface area (Å²) in [4.78, 5) is 12.1. The number of aliphatic hydroxyl groups is 2. The molecule has 12 heteroatoms. The normalized spacial score (nSPS) is 20.2. The lowest BCUT2D eigenvalue weighted by molar-refractivity contribution is -0.115. The number of rotatable bonds is 7. The van der Waals surface area contributed by atoms with E-state index in [2.05, 4.69) is 37.4 Å². The topological polar surface area (TPSA) is 112 Å². The number of halogens is 4. The molecule has 0 spiro atoms. The first-order chi connectivity index (χ1) is 15.7. The molecule has 1 saturated carbocycles. The number of nitrogens with zero attached hydrogens (tertiary/aromatic N) is 3. The maximum Gasteiger partial charge on any atom is 0.405 e. The van der Waals surface area contributed by atoms with Gasteiger partial charge in [0.2, 0.25) is 11.8 Å². The zero-order chi connectivity index (χ0) is 24.0. The van der Waals surface area contributed by atoms with Gasteiger partial charge in [-0.1, -0.05) is 23.4 Å². The van der Waals surface area contributed by atoms with Crippen molar-refractivity contribution >= 4 is 23.4 Å². The Labute approximate surface area is 193 Å². The maximum atomic E-state index is 12.6. The summed E-state index contributed by atoms with van der Waals surface area (Å²) in [5.41, 5.74) is 0.698. The molecule has 0 aliphatic heterocycles. The van der Waals surface area contributed by atoms with Crippen molar-refractivity contribution in [1.82, 2.24) is 15.0 Å². The summed E-state index contributed by atoms with van der Waals surface area (Å²) in [5, 5.41) is 24.6. The Morgan fingerprint density at radius 2 is 2.03 bits per heavy atom. The first-order valence-electron chi connectivity index (χ1n) is 10.2. The number of hydrogen-bond donors (Lipinski definition) is 4. The number of aromatic nitrogens is 3. The first-order valence-corrected chi connectivity index (χ1v) is 10.6. The van der Waals surface area contributed by atoms with Crippen LogP contribution in [-0.4, -0.2) is 63.2 Å². The Kier molecular flexibility index (Phi) is 8.18. The van der Waals surface area contributed by atoms with Gasteiger partial charge in [-0.25, -0.2) is 4.98 Å². The van der Waals surface area contributed by atoms with Crippen molar-refractivity contribution in [3.8, 4) is 17.7 Å². The van der Waals surface area contributed by atoms with Crippen molar-refractivity contribution < 1.29 is 28.1 Å². The van der Waals surface area contributed by atoms with E-state index in [0.29, 0.717) is 30.9 Å². The molecule has 8 nitrogen and oxygen atoms in total. The first kappa shape index (κ1) is 24.8. The average Bonchev–Trinajstić information content (AvgIpc) is 3.12. The highest BCUT2D eigenvalue weighted by Gasteiger charge is 2.33. The van der Waals surface area contributed by atoms with Gasteiger partial charge < -0.3 is 25.6 Å². The SMILES string of the molecule is CCOc1ccc(C#Cc2c(Cl)nc(NCC(F)(F)F)nc2N[C@@H]2C[C@H](CO)C[C@H]2O)cn1. The number of anilines is 2. The minimum absolute atomic E-state index is 0.0775. The van der Waals surface area contributed by atoms with E-state index < -0.39 is 24.9 Å². The molecule has 0 aromatic carbocycles. The van der Waals surface area contributed by atoms with Crippen LogP contribution in [0.3, 0.4) is 0 Å². The van der Waals surface area contributed by atoms with Gasteiger partial charge in [-0.3, -0.25) is 0 Å². The third kappa shape index (κ3) is 7.08. The zero-order valence-corrected chi connectivity index (χ0v) is 18.4. The van der Waals surface area contributed by atoms with Crippen molar-refractivity contribution in [2.24, 2.45) is 5.92 Å². The monoisotopic (exact) mass is 485 g/mol. The van der Waals surface area contributed by atoms with E-state index in [9.17, 15) is 23.4 Å². The summed E-state index contributed by atoms with van der Waals surface area (Å²) >= 11 is 6.24. The van der Waals surface area contributed by atoms with Crippen LogP contribution in [0.25, 0.3) is 0 Å². The van der Waals surface area contributed by atoms with Crippen molar-refractivity contribution in [1.29, 1.82) is 0 Å². The molecule has 0 amide bonds. The lowest BCUT2D eigenvalue weighted by Gasteiger charge is -2.19. The van der Waals surface area contributed by atoms with Gasteiger partial charge in [0, 0.05) is 24.4 Å². The van der Waals surface area contributed by atoms with Gasteiger partial charge in [0.15, 0.2) is 5.15 Å². The maximum absolute atomic E-state index is 12.6. The van der Waals surface area contributed by atoms with E-state index in [0.717, 1.165) is 0 Å². The Balaban J connectivity index is 1.90. The average molecular weight is 486 g/mol. The summed E-state index contributed by atoms with van der Waals surface area (Å²) < 4.78 is 43.1. The van der Waals surface area contributed by atoms with Crippen molar-refractivity contribution in [3.63, 3.8) is 0 Å². The van der Waals surface area contributed by atoms with Gasteiger partial charge >= 0.3 is 6.18 Å². The molecule has 4 N–H and O–H groups in total. The van der Waals surface area contributed by atoms with E-state index in [1.165, 1.54) is 6.20 Å². The molecule has 2 aromatic heterocycles. The minimum Gasteiger partial charge on any atom is -0.478 e. The number of hydrogen-bond acceptors (Lipinski definition) is 8. The summed E-state index contributed by atoms with van der Waals surface area (Å²) in [7, 11) is 0. The van der Waals surface area contributed by atoms with Gasteiger partial charge in [0.05, 0.1) is 18.8 Å². The van der Waals surface area contributed by atoms with Crippen LogP contribution < -0.4 is 15.4 Å². The van der Waals surface area contributed by atoms with Crippen LogP contribution in [0.5, 0.6) is 5.88 Å². The summed E-state index contributed by atoms with van der Waals surface area (Å²) in [6.45, 7) is 0.877. The minimum atomic E-state index is -4.47. The van der Waals surface area contributed by atoms with E-state index >= 15 is 0 Å². The fourth-order valence-corrected chi connectivity index (χ4v) is 3.54. The highest BCUT2D eigenvalue weighted by Crippen LogP contribution is 2.30. The summed E-state index contributed by atoms with van der Waals surface area (Å²) in [6.07, 6.45) is -2.92. The fourth-order valence-electron chi connectivity index (χ4n) is 3.33. The van der Waals surface area contributed by atoms with Gasteiger partial charge in [0.1, 0.15) is 17.9 Å². The van der Waals surface area contributed by atoms with Gasteiger partial charge in [-0.2, -0.15) is 23.1 Å². The molecule has 1 aliphatic rings. The molecule has 0 saturated heterocycles. The molecule has 3 rings (SSSR count). The number of nitrogens with one attached hydrogen (secondary N) is 2. The molecule has 0 bridgehead atoms. The van der Waals surface area contributed by atoms with Gasteiger partial charge in [0.25, 0.3) is 0 Å². The number of pyridine rings is 1. The highest BCUT2D eigenvalue weighted by atomic mass is 35.5. The molecule has 0 radical (unpaired) electrons. The number of ether oxygens (including phenoxy) is 1. The largest absolute Gasteiger partial charge is 0.478 e. The second-order valence-corrected chi connectivity index (χ2v) is 7.79. The van der Waals surface area contributed by atoms with E-state index in [-0.39, 0.29) is 35.0 Å². The Hall–Kier alpha value is -2.81. The molecular formula is C21H23ClF3N5O3. The fraction of sp³-hybridized carbons (Fsp3) is 0.476. The van der Waals surface area contributed by atoms with E-state index in [1.54, 1.807) is 12.1 Å². The standard InChI is InChI=1S/C21H23ClF3N5O3/c1-2-33-17-6-4-12(9-26-17)3-5-14-18(22)29-20(27-11-21(23,24)25)30-19(14)28-15-7-13(10-31)8-16(15)32/h4,6,9,13,15-16,31-32H,2,7-8,10-11H2,1H3,(H2,27,28,29,30)/t13-,15+,16+/m0/s1. The smallest absolute Gasteiger partial charge is 0.405 e. The summed E-state index contributed by atoms with van der Waals surface area (Å²) in [5.74, 6) is 5.78. The van der Waals surface area contributed by atoms with Crippen LogP contribution in [0.4, 0.5) is 24.9 Å². The summed E-state index contributed by atoms with van der Waals surface area (Å²) in [6, 6.07) is 2.86. The van der Waals surface area contributed by atoms with Gasteiger partial charge in [-0.05, 0) is 31.7 Å². The van der Waals surface area contributed by atoms with Crippen molar-refractivity contribution in [2.75, 3.05) is 30.4 Å². The number of aliphatic hydroxyl groups excluding tert-OH is 2. The molecule has 2 heterocycles. The lowest BCUT2D eigenvalue weighted by Crippen LogP contribution is -2.29. The molecule has 0 unspecified atom stereocenters. The number of alkyl halides is 3. The third-order valence-electron chi connectivity index (χ3n) is 4.88. The van der Waals surface area contributed by atoms with E-state index in [4.69, 9.17) is 16.3 Å². The predicted octanol–water partition coefficient (Wildman–Crippen LogP) is 2.84. The van der Waals surface area contributed by atoms with Crippen LogP contribution in [0.15, 0.2) is 18.3 Å². The molecule has 33 heavy (non-hydrogen) atoms. The van der Waals surface area contributed by atoms with Crippen LogP contribution in [0.1, 0.15) is 30.9 Å².